The Bertz CT molecular complexity index is 642. The summed E-state index contributed by atoms with van der Waals surface area (Å²) in [4.78, 5) is 4.32. The first-order valence-electron chi connectivity index (χ1n) is 6.84. The molecule has 0 spiro atoms. The molecule has 0 bridgehead atoms. The zero-order valence-corrected chi connectivity index (χ0v) is 12.9. The van der Waals surface area contributed by atoms with Crippen LogP contribution in [0.25, 0.3) is 0 Å². The molecule has 0 fully saturated rings. The van der Waals surface area contributed by atoms with Crippen molar-refractivity contribution in [3.8, 4) is 5.75 Å². The molecule has 1 aromatic heterocycles. The fourth-order valence-electron chi connectivity index (χ4n) is 2.77. The van der Waals surface area contributed by atoms with Crippen molar-refractivity contribution in [2.24, 2.45) is 0 Å². The van der Waals surface area contributed by atoms with E-state index in [2.05, 4.69) is 32.3 Å². The third kappa shape index (κ3) is 2.66. The van der Waals surface area contributed by atoms with Crippen LogP contribution in [0.5, 0.6) is 5.75 Å². The maximum Gasteiger partial charge on any atom is 0.115 e. The fraction of sp³-hybridized carbons (Fsp3) is 0.312. The van der Waals surface area contributed by atoms with Gasteiger partial charge in [0, 0.05) is 0 Å². The summed E-state index contributed by atoms with van der Waals surface area (Å²) in [5.74, 6) is 0.336. The number of anilines is 1. The highest BCUT2D eigenvalue weighted by Gasteiger charge is 2.20. The molecule has 1 atom stereocenters. The van der Waals surface area contributed by atoms with Crippen molar-refractivity contribution < 1.29 is 5.11 Å². The van der Waals surface area contributed by atoms with Gasteiger partial charge in [-0.05, 0) is 77.0 Å². The number of nitrogens with zero attached hydrogens (tertiary/aromatic N) is 1. The van der Waals surface area contributed by atoms with Crippen LogP contribution in [0.2, 0.25) is 0 Å². The monoisotopic (exact) mass is 332 g/mol. The van der Waals surface area contributed by atoms with E-state index in [4.69, 9.17) is 0 Å². The van der Waals surface area contributed by atoms with Crippen molar-refractivity contribution in [2.75, 3.05) is 5.32 Å². The molecule has 20 heavy (non-hydrogen) atoms. The van der Waals surface area contributed by atoms with E-state index >= 15 is 0 Å². The average Bonchev–Trinajstić information content (AvgIpc) is 2.44. The van der Waals surface area contributed by atoms with Gasteiger partial charge in [-0.1, -0.05) is 6.07 Å². The zero-order chi connectivity index (χ0) is 14.1. The number of benzene rings is 1. The predicted octanol–water partition coefficient (Wildman–Crippen LogP) is 4.35. The molecule has 3 nitrogen and oxygen atoms in total. The largest absolute Gasteiger partial charge is 0.508 e. The van der Waals surface area contributed by atoms with E-state index in [0.29, 0.717) is 5.75 Å². The lowest BCUT2D eigenvalue weighted by Crippen LogP contribution is -2.17. The lowest BCUT2D eigenvalue weighted by molar-refractivity contribution is 0.471. The van der Waals surface area contributed by atoms with Crippen molar-refractivity contribution in [1.82, 2.24) is 4.98 Å². The number of fused-ring (bicyclic) bond motifs is 1. The Hall–Kier alpha value is -1.55. The van der Waals surface area contributed by atoms with Gasteiger partial charge in [-0.2, -0.15) is 0 Å². The molecule has 0 radical (unpaired) electrons. The number of rotatable bonds is 2. The second kappa shape index (κ2) is 5.44. The summed E-state index contributed by atoms with van der Waals surface area (Å²) in [6.07, 6.45) is 5.17. The first-order valence-corrected chi connectivity index (χ1v) is 7.63. The Balaban J connectivity index is 1.89. The molecule has 0 saturated heterocycles. The molecule has 3 rings (SSSR count). The van der Waals surface area contributed by atoms with Crippen LogP contribution in [0.4, 0.5) is 5.69 Å². The summed E-state index contributed by atoms with van der Waals surface area (Å²) in [5, 5.41) is 13.2. The second-order valence-electron chi connectivity index (χ2n) is 5.30. The zero-order valence-electron chi connectivity index (χ0n) is 11.4. The molecule has 1 aliphatic rings. The van der Waals surface area contributed by atoms with Crippen LogP contribution in [0.1, 0.15) is 35.6 Å². The molecule has 2 aromatic rings. The van der Waals surface area contributed by atoms with Gasteiger partial charge in [-0.3, -0.25) is 0 Å². The normalized spacial score (nSPS) is 17.6. The first kappa shape index (κ1) is 13.4. The molecular weight excluding hydrogens is 316 g/mol. The van der Waals surface area contributed by atoms with Gasteiger partial charge >= 0.3 is 0 Å². The second-order valence-corrected chi connectivity index (χ2v) is 6.06. The highest BCUT2D eigenvalue weighted by molar-refractivity contribution is 9.10. The minimum atomic E-state index is 0.244. The first-order chi connectivity index (χ1) is 9.63. The lowest BCUT2D eigenvalue weighted by atomic mass is 9.87. The summed E-state index contributed by atoms with van der Waals surface area (Å²) >= 11 is 3.42. The number of aromatic hydroxyl groups is 1. The summed E-state index contributed by atoms with van der Waals surface area (Å²) in [5.41, 5.74) is 4.67. The van der Waals surface area contributed by atoms with Crippen LogP contribution in [0, 0.1) is 6.92 Å². The van der Waals surface area contributed by atoms with Gasteiger partial charge < -0.3 is 10.4 Å². The summed E-state index contributed by atoms with van der Waals surface area (Å²) in [6, 6.07) is 8.02. The van der Waals surface area contributed by atoms with Crippen LogP contribution >= 0.6 is 15.9 Å². The standard InChI is InChI=1S/C16H17BrN2O/c1-10-7-12(9-18-16(10)17)19-15-4-2-3-11-5-6-13(20)8-14(11)15/h5-9,15,19-20H,2-4H2,1H3. The van der Waals surface area contributed by atoms with Gasteiger partial charge in [0.2, 0.25) is 0 Å². The summed E-state index contributed by atoms with van der Waals surface area (Å²) in [7, 11) is 0. The highest BCUT2D eigenvalue weighted by atomic mass is 79.9. The molecule has 1 heterocycles. The minimum Gasteiger partial charge on any atom is -0.508 e. The number of aryl methyl sites for hydroxylation is 2. The molecule has 0 saturated carbocycles. The van der Waals surface area contributed by atoms with Crippen molar-refractivity contribution in [1.29, 1.82) is 0 Å². The van der Waals surface area contributed by atoms with Gasteiger partial charge in [0.15, 0.2) is 0 Å². The van der Waals surface area contributed by atoms with E-state index in [1.807, 2.05) is 25.3 Å². The van der Waals surface area contributed by atoms with Gasteiger partial charge in [0.05, 0.1) is 17.9 Å². The number of hydrogen-bond acceptors (Lipinski definition) is 3. The Morgan fingerprint density at radius 1 is 1.35 bits per heavy atom. The molecule has 0 aliphatic heterocycles. The number of phenolic OH excluding ortho intramolecular Hbond substituents is 1. The van der Waals surface area contributed by atoms with Crippen molar-refractivity contribution in [3.05, 3.63) is 51.8 Å². The lowest BCUT2D eigenvalue weighted by Gasteiger charge is -2.27. The molecule has 0 amide bonds. The number of aromatic nitrogens is 1. The molecule has 2 N–H and O–H groups in total. The maximum absolute atomic E-state index is 9.71. The molecule has 1 unspecified atom stereocenters. The van der Waals surface area contributed by atoms with Gasteiger partial charge in [0.1, 0.15) is 10.4 Å². The fourth-order valence-corrected chi connectivity index (χ4v) is 2.99. The predicted molar refractivity (Wildman–Crippen MR) is 84.1 cm³/mol. The van der Waals surface area contributed by atoms with E-state index in [1.165, 1.54) is 17.5 Å². The number of pyridine rings is 1. The van der Waals surface area contributed by atoms with E-state index in [9.17, 15) is 5.11 Å². The third-order valence-corrected chi connectivity index (χ3v) is 4.63. The highest BCUT2D eigenvalue weighted by Crippen LogP contribution is 2.34. The Labute approximate surface area is 127 Å². The number of nitrogens with one attached hydrogen (secondary N) is 1. The Morgan fingerprint density at radius 3 is 3.00 bits per heavy atom. The van der Waals surface area contributed by atoms with Crippen molar-refractivity contribution in [3.63, 3.8) is 0 Å². The average molecular weight is 333 g/mol. The van der Waals surface area contributed by atoms with Crippen molar-refractivity contribution >= 4 is 21.6 Å². The molecule has 104 valence electrons. The van der Waals surface area contributed by atoms with Crippen LogP contribution in [0.15, 0.2) is 35.1 Å². The molecular formula is C16H17BrN2O. The smallest absolute Gasteiger partial charge is 0.115 e. The van der Waals surface area contributed by atoms with Crippen LogP contribution in [0.3, 0.4) is 0 Å². The summed E-state index contributed by atoms with van der Waals surface area (Å²) < 4.78 is 0.879. The Kier molecular flexibility index (Phi) is 3.66. The minimum absolute atomic E-state index is 0.244. The molecule has 1 aliphatic carbocycles. The van der Waals surface area contributed by atoms with Gasteiger partial charge in [-0.25, -0.2) is 4.98 Å². The van der Waals surface area contributed by atoms with Gasteiger partial charge in [-0.15, -0.1) is 0 Å². The maximum atomic E-state index is 9.71. The quantitative estimate of drug-likeness (QED) is 0.803. The molecule has 1 aromatic carbocycles. The van der Waals surface area contributed by atoms with Crippen molar-refractivity contribution in [2.45, 2.75) is 32.2 Å². The SMILES string of the molecule is Cc1cc(NC2CCCc3ccc(O)cc32)cnc1Br. The topological polar surface area (TPSA) is 45.1 Å². The number of halogens is 1. The van der Waals surface area contributed by atoms with E-state index in [-0.39, 0.29) is 6.04 Å². The number of hydrogen-bond donors (Lipinski definition) is 2. The summed E-state index contributed by atoms with van der Waals surface area (Å²) in [6.45, 7) is 2.03. The van der Waals surface area contributed by atoms with Crippen LogP contribution < -0.4 is 5.32 Å². The molecule has 4 heteroatoms. The van der Waals surface area contributed by atoms with E-state index in [1.54, 1.807) is 6.07 Å². The van der Waals surface area contributed by atoms with E-state index < -0.39 is 0 Å². The Morgan fingerprint density at radius 2 is 2.20 bits per heavy atom. The van der Waals surface area contributed by atoms with Crippen LogP contribution in [-0.2, 0) is 6.42 Å². The third-order valence-electron chi connectivity index (χ3n) is 3.80. The van der Waals surface area contributed by atoms with E-state index in [0.717, 1.165) is 28.7 Å². The number of phenols is 1. The van der Waals surface area contributed by atoms with Gasteiger partial charge in [0.25, 0.3) is 0 Å². The van der Waals surface area contributed by atoms with Crippen LogP contribution in [-0.4, -0.2) is 10.1 Å².